The van der Waals surface area contributed by atoms with Crippen molar-refractivity contribution in [1.29, 1.82) is 0 Å². The largest absolute Gasteiger partial charge is 0.331 e. The minimum Gasteiger partial charge on any atom is -0.331 e. The van der Waals surface area contributed by atoms with Crippen molar-refractivity contribution in [2.24, 2.45) is 0 Å². The van der Waals surface area contributed by atoms with Crippen molar-refractivity contribution < 1.29 is 9.09 Å². The molecule has 0 aromatic heterocycles. The van der Waals surface area contributed by atoms with Crippen molar-refractivity contribution in [3.63, 3.8) is 0 Å². The zero-order chi connectivity index (χ0) is 7.49. The van der Waals surface area contributed by atoms with E-state index in [-0.39, 0.29) is 6.04 Å². The van der Waals surface area contributed by atoms with E-state index in [1.807, 2.05) is 6.92 Å². The Morgan fingerprint density at radius 1 is 1.89 bits per heavy atom. The average Bonchev–Trinajstić information content (AvgIpc) is 1.62. The lowest BCUT2D eigenvalue weighted by Gasteiger charge is -2.12. The van der Waals surface area contributed by atoms with E-state index in [0.29, 0.717) is 0 Å². The lowest BCUT2D eigenvalue weighted by molar-refractivity contribution is 0.515. The molecule has 2 N–H and O–H groups in total. The van der Waals surface area contributed by atoms with Crippen LogP contribution in [0.2, 0.25) is 0 Å². The van der Waals surface area contributed by atoms with Gasteiger partial charge in [0.05, 0.1) is 0 Å². The Bertz CT molecular complexity index is 126. The highest BCUT2D eigenvalue weighted by atomic mass is 32.5. The minimum absolute atomic E-state index is 0.0363. The van der Waals surface area contributed by atoms with Gasteiger partial charge >= 0.3 is 0 Å². The van der Waals surface area contributed by atoms with E-state index in [9.17, 15) is 4.20 Å². The summed E-state index contributed by atoms with van der Waals surface area (Å²) in [5.74, 6) is 0. The highest BCUT2D eigenvalue weighted by Crippen LogP contribution is 2.37. The Morgan fingerprint density at radius 2 is 2.33 bits per heavy atom. The second-order valence-corrected chi connectivity index (χ2v) is 4.65. The first-order valence-electron chi connectivity index (χ1n) is 2.76. The van der Waals surface area contributed by atoms with Gasteiger partial charge in [-0.3, -0.25) is 0 Å². The molecular formula is C4H11FNOPS. The maximum absolute atomic E-state index is 12.2. The standard InChI is InChI=1S/C4H11FNOPS/c1-3-4(2)6-8(5,7)9/h4H,3H2,1-2H3,(H2,6,7,9). The molecule has 0 aliphatic carbocycles. The lowest BCUT2D eigenvalue weighted by atomic mass is 10.3. The molecule has 0 saturated carbocycles. The van der Waals surface area contributed by atoms with Gasteiger partial charge in [0.15, 0.2) is 0 Å². The van der Waals surface area contributed by atoms with Crippen LogP contribution >= 0.6 is 6.73 Å². The molecule has 0 radical (unpaired) electrons. The van der Waals surface area contributed by atoms with Gasteiger partial charge in [-0.15, -0.1) is 0 Å². The summed E-state index contributed by atoms with van der Waals surface area (Å²) < 4.78 is 12.2. The van der Waals surface area contributed by atoms with Gasteiger partial charge in [-0.25, -0.2) is 5.09 Å². The molecular weight excluding hydrogens is 160 g/mol. The van der Waals surface area contributed by atoms with Gasteiger partial charge in [0, 0.05) is 6.04 Å². The normalized spacial score (nSPS) is 20.9. The summed E-state index contributed by atoms with van der Waals surface area (Å²) in [5, 5.41) is 2.28. The number of hydrogen-bond donors (Lipinski definition) is 2. The van der Waals surface area contributed by atoms with Gasteiger partial charge in [-0.05, 0) is 25.2 Å². The summed E-state index contributed by atoms with van der Waals surface area (Å²) in [4.78, 5) is 8.47. The molecule has 5 heteroatoms. The van der Waals surface area contributed by atoms with Crippen molar-refractivity contribution >= 4 is 18.5 Å². The van der Waals surface area contributed by atoms with Crippen LogP contribution in [0, 0.1) is 0 Å². The maximum Gasteiger partial charge on any atom is 0.299 e. The monoisotopic (exact) mass is 171 g/mol. The van der Waals surface area contributed by atoms with Gasteiger partial charge in [0.2, 0.25) is 0 Å². The number of rotatable bonds is 3. The highest BCUT2D eigenvalue weighted by Gasteiger charge is 2.11. The first-order chi connectivity index (χ1) is 3.95. The molecule has 0 aliphatic rings. The zero-order valence-corrected chi connectivity index (χ0v) is 7.18. The van der Waals surface area contributed by atoms with Crippen LogP contribution in [0.15, 0.2) is 0 Å². The molecule has 56 valence electrons. The predicted octanol–water partition coefficient (Wildman–Crippen LogP) is 1.56. The molecule has 9 heavy (non-hydrogen) atoms. The summed E-state index contributed by atoms with van der Waals surface area (Å²) in [5.41, 5.74) is 0. The first-order valence-corrected chi connectivity index (χ1v) is 5.40. The van der Waals surface area contributed by atoms with Crippen LogP contribution in [0.3, 0.4) is 0 Å². The van der Waals surface area contributed by atoms with E-state index in [0.717, 1.165) is 6.42 Å². The Labute approximate surface area is 59.7 Å². The van der Waals surface area contributed by atoms with E-state index in [4.69, 9.17) is 4.89 Å². The van der Waals surface area contributed by atoms with E-state index in [2.05, 4.69) is 16.9 Å². The van der Waals surface area contributed by atoms with Crippen molar-refractivity contribution in [2.75, 3.05) is 0 Å². The fraction of sp³-hybridized carbons (Fsp3) is 1.00. The molecule has 2 nitrogen and oxygen atoms in total. The smallest absolute Gasteiger partial charge is 0.299 e. The first kappa shape index (κ1) is 9.50. The lowest BCUT2D eigenvalue weighted by Crippen LogP contribution is -2.19. The molecule has 2 unspecified atom stereocenters. The molecule has 2 atom stereocenters. The van der Waals surface area contributed by atoms with E-state index >= 15 is 0 Å². The van der Waals surface area contributed by atoms with Crippen LogP contribution in [0.4, 0.5) is 4.20 Å². The van der Waals surface area contributed by atoms with Crippen LogP contribution in [0.1, 0.15) is 20.3 Å². The van der Waals surface area contributed by atoms with Gasteiger partial charge in [0.25, 0.3) is 6.73 Å². The van der Waals surface area contributed by atoms with Gasteiger partial charge in [-0.2, -0.15) is 4.20 Å². The van der Waals surface area contributed by atoms with E-state index in [1.165, 1.54) is 0 Å². The molecule has 0 aromatic carbocycles. The van der Waals surface area contributed by atoms with Gasteiger partial charge < -0.3 is 4.89 Å². The van der Waals surface area contributed by atoms with Crippen LogP contribution in [0.25, 0.3) is 0 Å². The molecule has 0 aromatic rings. The Hall–Kier alpha value is 0.500. The Morgan fingerprint density at radius 3 is 2.44 bits per heavy atom. The fourth-order valence-electron chi connectivity index (χ4n) is 0.363. The van der Waals surface area contributed by atoms with Crippen molar-refractivity contribution in [3.8, 4) is 0 Å². The van der Waals surface area contributed by atoms with Crippen molar-refractivity contribution in [2.45, 2.75) is 26.3 Å². The van der Waals surface area contributed by atoms with Crippen LogP contribution < -0.4 is 5.09 Å². The summed E-state index contributed by atoms with van der Waals surface area (Å²) >= 11 is 4.12. The number of halogens is 1. The molecule has 0 amide bonds. The van der Waals surface area contributed by atoms with E-state index in [1.54, 1.807) is 6.92 Å². The molecule has 0 rings (SSSR count). The second-order valence-electron chi connectivity index (χ2n) is 1.94. The van der Waals surface area contributed by atoms with Crippen molar-refractivity contribution in [3.05, 3.63) is 0 Å². The molecule has 0 spiro atoms. The topological polar surface area (TPSA) is 32.3 Å². The van der Waals surface area contributed by atoms with Crippen LogP contribution in [0.5, 0.6) is 0 Å². The summed E-state index contributed by atoms with van der Waals surface area (Å²) in [7, 11) is 0. The number of nitrogens with one attached hydrogen (secondary N) is 1. The third kappa shape index (κ3) is 6.38. The summed E-state index contributed by atoms with van der Waals surface area (Å²) in [6, 6.07) is -0.0363. The molecule has 0 bridgehead atoms. The molecule has 0 aliphatic heterocycles. The van der Waals surface area contributed by atoms with E-state index < -0.39 is 6.73 Å². The van der Waals surface area contributed by atoms with Crippen LogP contribution in [-0.2, 0) is 11.8 Å². The second kappa shape index (κ2) is 3.62. The van der Waals surface area contributed by atoms with Gasteiger partial charge in [-0.1, -0.05) is 6.92 Å². The molecule has 0 saturated heterocycles. The molecule has 0 heterocycles. The fourth-order valence-corrected chi connectivity index (χ4v) is 1.63. The number of hydrogen-bond acceptors (Lipinski definition) is 1. The third-order valence-corrected chi connectivity index (χ3v) is 2.07. The Kier molecular flexibility index (Phi) is 3.82. The average molecular weight is 171 g/mol. The Balaban J connectivity index is 3.60. The van der Waals surface area contributed by atoms with Crippen LogP contribution in [-0.4, -0.2) is 10.9 Å². The summed E-state index contributed by atoms with van der Waals surface area (Å²) in [6.45, 7) is 0.0111. The zero-order valence-electron chi connectivity index (χ0n) is 5.47. The molecule has 0 fully saturated rings. The predicted molar refractivity (Wildman–Crippen MR) is 40.5 cm³/mol. The van der Waals surface area contributed by atoms with Gasteiger partial charge in [0.1, 0.15) is 0 Å². The highest BCUT2D eigenvalue weighted by molar-refractivity contribution is 8.08. The maximum atomic E-state index is 12.2. The van der Waals surface area contributed by atoms with Crippen molar-refractivity contribution in [1.82, 2.24) is 5.09 Å². The third-order valence-electron chi connectivity index (χ3n) is 0.992. The minimum atomic E-state index is -3.66. The SMILES string of the molecule is CCC(C)NP(O)(F)=S. The quantitative estimate of drug-likeness (QED) is 0.632. The summed E-state index contributed by atoms with van der Waals surface area (Å²) in [6.07, 6.45) is 0.767.